The van der Waals surface area contributed by atoms with Crippen LogP contribution in [-0.4, -0.2) is 37.2 Å². The second kappa shape index (κ2) is 9.71. The van der Waals surface area contributed by atoms with Crippen molar-refractivity contribution in [3.8, 4) is 0 Å². The molecule has 1 heterocycles. The average Bonchev–Trinajstić information content (AvgIpc) is 2.69. The van der Waals surface area contributed by atoms with Gasteiger partial charge in [-0.3, -0.25) is 0 Å². The molecule has 25 heavy (non-hydrogen) atoms. The maximum Gasteiger partial charge on any atom is 0.108 e. The van der Waals surface area contributed by atoms with Gasteiger partial charge in [0, 0.05) is 13.1 Å². The molecule has 3 rings (SSSR count). The van der Waals surface area contributed by atoms with Crippen molar-refractivity contribution in [2.45, 2.75) is 37.9 Å². The van der Waals surface area contributed by atoms with E-state index in [0.717, 1.165) is 38.9 Å². The van der Waals surface area contributed by atoms with Crippen LogP contribution in [0.3, 0.4) is 0 Å². The number of nitrogens with zero attached hydrogens (tertiary/aromatic N) is 1. The molecule has 0 spiro atoms. The third kappa shape index (κ3) is 5.40. The summed E-state index contributed by atoms with van der Waals surface area (Å²) >= 11 is 0. The molecule has 3 heteroatoms. The van der Waals surface area contributed by atoms with E-state index < -0.39 is 0 Å². The molecule has 0 bridgehead atoms. The van der Waals surface area contributed by atoms with Gasteiger partial charge in [-0.2, -0.15) is 0 Å². The second-order valence-corrected chi connectivity index (χ2v) is 6.87. The zero-order chi connectivity index (χ0) is 17.3. The van der Waals surface area contributed by atoms with Gasteiger partial charge in [-0.1, -0.05) is 60.7 Å². The number of hydrogen-bond donors (Lipinski definition) is 1. The van der Waals surface area contributed by atoms with Crippen LogP contribution in [0.2, 0.25) is 0 Å². The van der Waals surface area contributed by atoms with Gasteiger partial charge in [-0.05, 0) is 49.9 Å². The molecule has 3 nitrogen and oxygen atoms in total. The van der Waals surface area contributed by atoms with Gasteiger partial charge in [0.25, 0.3) is 0 Å². The van der Waals surface area contributed by atoms with Crippen LogP contribution in [0.1, 0.15) is 42.9 Å². The molecule has 2 aromatic carbocycles. The first kappa shape index (κ1) is 18.1. The average molecular weight is 338 g/mol. The van der Waals surface area contributed by atoms with Crippen LogP contribution in [0.5, 0.6) is 0 Å². The van der Waals surface area contributed by atoms with E-state index in [1.807, 2.05) is 0 Å². The van der Waals surface area contributed by atoms with Crippen LogP contribution >= 0.6 is 0 Å². The Morgan fingerprint density at radius 2 is 1.44 bits per heavy atom. The first-order valence-corrected chi connectivity index (χ1v) is 9.54. The highest BCUT2D eigenvalue weighted by Crippen LogP contribution is 2.29. The second-order valence-electron chi connectivity index (χ2n) is 6.87. The van der Waals surface area contributed by atoms with Gasteiger partial charge in [0.1, 0.15) is 6.10 Å². The third-order valence-corrected chi connectivity index (χ3v) is 5.00. The fraction of sp³-hybridized carbons (Fsp3) is 0.455. The van der Waals surface area contributed by atoms with Crippen LogP contribution in [-0.2, 0) is 4.74 Å². The molecule has 1 aliphatic heterocycles. The van der Waals surface area contributed by atoms with E-state index in [0.29, 0.717) is 6.10 Å². The number of piperidine rings is 1. The summed E-state index contributed by atoms with van der Waals surface area (Å²) in [5.41, 5.74) is 8.06. The van der Waals surface area contributed by atoms with Crippen molar-refractivity contribution in [3.05, 3.63) is 71.8 Å². The molecular weight excluding hydrogens is 308 g/mol. The van der Waals surface area contributed by atoms with Crippen LogP contribution in [0.4, 0.5) is 0 Å². The molecule has 0 aliphatic carbocycles. The SMILES string of the molecule is NCCCCN1CCC(OC(c2ccccc2)c2ccccc2)CC1. The number of benzene rings is 2. The number of hydrogen-bond acceptors (Lipinski definition) is 3. The Labute approximate surface area is 151 Å². The Balaban J connectivity index is 1.60. The quantitative estimate of drug-likeness (QED) is 0.740. The molecule has 0 atom stereocenters. The third-order valence-electron chi connectivity index (χ3n) is 5.00. The van der Waals surface area contributed by atoms with Crippen LogP contribution in [0, 0.1) is 0 Å². The summed E-state index contributed by atoms with van der Waals surface area (Å²) in [5, 5.41) is 0. The van der Waals surface area contributed by atoms with Gasteiger partial charge in [0.2, 0.25) is 0 Å². The van der Waals surface area contributed by atoms with Gasteiger partial charge >= 0.3 is 0 Å². The highest BCUT2D eigenvalue weighted by atomic mass is 16.5. The standard InChI is InChI=1S/C22H30N2O/c23-15-7-8-16-24-17-13-21(14-18-24)25-22(19-9-3-1-4-10-19)20-11-5-2-6-12-20/h1-6,9-12,21-22H,7-8,13-18,23H2. The first-order chi connectivity index (χ1) is 12.4. The van der Waals surface area contributed by atoms with Crippen molar-refractivity contribution < 1.29 is 4.74 Å². The monoisotopic (exact) mass is 338 g/mol. The smallest absolute Gasteiger partial charge is 0.108 e. The molecule has 134 valence electrons. The van der Waals surface area contributed by atoms with Gasteiger partial charge in [0.15, 0.2) is 0 Å². The lowest BCUT2D eigenvalue weighted by Gasteiger charge is -2.34. The van der Waals surface area contributed by atoms with E-state index in [4.69, 9.17) is 10.5 Å². The zero-order valence-electron chi connectivity index (χ0n) is 15.0. The molecule has 0 saturated carbocycles. The number of unbranched alkanes of at least 4 members (excludes halogenated alkanes) is 1. The van der Waals surface area contributed by atoms with Crippen molar-refractivity contribution in [1.29, 1.82) is 0 Å². The van der Waals surface area contributed by atoms with E-state index in [1.165, 1.54) is 24.1 Å². The number of ether oxygens (including phenoxy) is 1. The van der Waals surface area contributed by atoms with E-state index >= 15 is 0 Å². The molecule has 1 saturated heterocycles. The summed E-state index contributed by atoms with van der Waals surface area (Å²) in [5.74, 6) is 0. The lowest BCUT2D eigenvalue weighted by molar-refractivity contribution is -0.0270. The van der Waals surface area contributed by atoms with E-state index in [9.17, 15) is 0 Å². The fourth-order valence-corrected chi connectivity index (χ4v) is 3.55. The summed E-state index contributed by atoms with van der Waals surface area (Å²) < 4.78 is 6.59. The normalized spacial score (nSPS) is 16.4. The summed E-state index contributed by atoms with van der Waals surface area (Å²) in [4.78, 5) is 2.55. The lowest BCUT2D eigenvalue weighted by Crippen LogP contribution is -2.38. The molecule has 0 amide bonds. The molecule has 1 fully saturated rings. The highest BCUT2D eigenvalue weighted by Gasteiger charge is 2.24. The van der Waals surface area contributed by atoms with Crippen LogP contribution in [0.25, 0.3) is 0 Å². The molecule has 2 N–H and O–H groups in total. The molecule has 2 aromatic rings. The van der Waals surface area contributed by atoms with Gasteiger partial charge in [0.05, 0.1) is 6.10 Å². The predicted octanol–water partition coefficient (Wildman–Crippen LogP) is 4.00. The van der Waals surface area contributed by atoms with Crippen molar-refractivity contribution in [2.24, 2.45) is 5.73 Å². The van der Waals surface area contributed by atoms with E-state index in [1.54, 1.807) is 0 Å². The summed E-state index contributed by atoms with van der Waals surface area (Å²) in [6.07, 6.45) is 4.91. The highest BCUT2D eigenvalue weighted by molar-refractivity contribution is 5.30. The minimum atomic E-state index is 0.0243. The van der Waals surface area contributed by atoms with Crippen molar-refractivity contribution >= 4 is 0 Å². The Morgan fingerprint density at radius 1 is 0.880 bits per heavy atom. The maximum atomic E-state index is 6.59. The Hall–Kier alpha value is -1.68. The summed E-state index contributed by atoms with van der Waals surface area (Å²) in [6, 6.07) is 21.2. The van der Waals surface area contributed by atoms with Gasteiger partial charge < -0.3 is 15.4 Å². The lowest BCUT2D eigenvalue weighted by atomic mass is 10.00. The molecule has 0 aromatic heterocycles. The van der Waals surface area contributed by atoms with Gasteiger partial charge in [-0.15, -0.1) is 0 Å². The summed E-state index contributed by atoms with van der Waals surface area (Å²) in [6.45, 7) is 4.23. The maximum absolute atomic E-state index is 6.59. The van der Waals surface area contributed by atoms with Crippen molar-refractivity contribution in [3.63, 3.8) is 0 Å². The zero-order valence-corrected chi connectivity index (χ0v) is 15.0. The Kier molecular flexibility index (Phi) is 7.04. The van der Waals surface area contributed by atoms with Crippen molar-refractivity contribution in [1.82, 2.24) is 4.90 Å². The Morgan fingerprint density at radius 3 is 1.96 bits per heavy atom. The van der Waals surface area contributed by atoms with E-state index in [-0.39, 0.29) is 6.10 Å². The fourth-order valence-electron chi connectivity index (χ4n) is 3.55. The minimum absolute atomic E-state index is 0.0243. The molecule has 0 radical (unpaired) electrons. The van der Waals surface area contributed by atoms with E-state index in [2.05, 4.69) is 65.6 Å². The number of likely N-dealkylation sites (tertiary alicyclic amines) is 1. The van der Waals surface area contributed by atoms with Crippen molar-refractivity contribution in [2.75, 3.05) is 26.2 Å². The van der Waals surface area contributed by atoms with Crippen LogP contribution < -0.4 is 5.73 Å². The largest absolute Gasteiger partial charge is 0.365 e. The summed E-state index contributed by atoms with van der Waals surface area (Å²) in [7, 11) is 0. The number of nitrogens with two attached hydrogens (primary N) is 1. The van der Waals surface area contributed by atoms with Gasteiger partial charge in [-0.25, -0.2) is 0 Å². The number of rotatable bonds is 8. The molecule has 1 aliphatic rings. The minimum Gasteiger partial charge on any atom is -0.365 e. The first-order valence-electron chi connectivity index (χ1n) is 9.54. The Bertz CT molecular complexity index is 554. The molecular formula is C22H30N2O. The predicted molar refractivity (Wildman–Crippen MR) is 104 cm³/mol. The van der Waals surface area contributed by atoms with Crippen LogP contribution in [0.15, 0.2) is 60.7 Å². The molecule has 0 unspecified atom stereocenters. The topological polar surface area (TPSA) is 38.5 Å².